The van der Waals surface area contributed by atoms with E-state index in [4.69, 9.17) is 4.98 Å². The summed E-state index contributed by atoms with van der Waals surface area (Å²) in [4.78, 5) is 9.29. The minimum absolute atomic E-state index is 0.963. The summed E-state index contributed by atoms with van der Waals surface area (Å²) in [5, 5.41) is 8.23. The third-order valence-electron chi connectivity index (χ3n) is 4.74. The lowest BCUT2D eigenvalue weighted by Crippen LogP contribution is -1.96. The number of hydrogen-bond acceptors (Lipinski definition) is 3. The van der Waals surface area contributed by atoms with Gasteiger partial charge in [-0.2, -0.15) is 0 Å². The van der Waals surface area contributed by atoms with Gasteiger partial charge in [-0.05, 0) is 42.1 Å². The molecule has 3 aromatic carbocycles. The van der Waals surface area contributed by atoms with Crippen LogP contribution >= 0.6 is 0 Å². The van der Waals surface area contributed by atoms with Gasteiger partial charge in [0, 0.05) is 28.6 Å². The second kappa shape index (κ2) is 5.81. The van der Waals surface area contributed by atoms with Crippen LogP contribution in [0, 0.1) is 6.92 Å². The van der Waals surface area contributed by atoms with Crippen LogP contribution in [0.2, 0.25) is 0 Å². The molecule has 0 radical (unpaired) electrons. The molecule has 1 N–H and O–H groups in total. The molecule has 2 aromatic heterocycles. The molecule has 0 bridgehead atoms. The number of nitrogens with zero attached hydrogens (tertiary/aromatic N) is 2. The fourth-order valence-electron chi connectivity index (χ4n) is 3.56. The van der Waals surface area contributed by atoms with Crippen molar-refractivity contribution in [3.63, 3.8) is 0 Å². The molecule has 124 valence electrons. The zero-order valence-electron chi connectivity index (χ0n) is 14.4. The minimum atomic E-state index is 0.963. The predicted octanol–water partition coefficient (Wildman–Crippen LogP) is 5.99. The van der Waals surface area contributed by atoms with Crippen molar-refractivity contribution in [2.45, 2.75) is 6.92 Å². The second-order valence-corrected chi connectivity index (χ2v) is 6.56. The van der Waals surface area contributed by atoms with Gasteiger partial charge in [0.1, 0.15) is 0 Å². The van der Waals surface area contributed by atoms with Crippen molar-refractivity contribution in [1.29, 1.82) is 0 Å². The topological polar surface area (TPSA) is 37.8 Å². The molecule has 0 atom stereocenters. The summed E-state index contributed by atoms with van der Waals surface area (Å²) >= 11 is 0. The van der Waals surface area contributed by atoms with Gasteiger partial charge in [-0.25, -0.2) is 0 Å². The van der Waals surface area contributed by atoms with Crippen LogP contribution in [0.5, 0.6) is 0 Å². The van der Waals surface area contributed by atoms with E-state index in [-0.39, 0.29) is 0 Å². The first-order chi connectivity index (χ1) is 12.8. The molecule has 5 aromatic rings. The first-order valence-electron chi connectivity index (χ1n) is 8.68. The Kier molecular flexibility index (Phi) is 3.32. The van der Waals surface area contributed by atoms with Gasteiger partial charge in [-0.1, -0.05) is 42.5 Å². The lowest BCUT2D eigenvalue weighted by molar-refractivity contribution is 1.39. The van der Waals surface area contributed by atoms with Crippen molar-refractivity contribution in [3.05, 3.63) is 84.7 Å². The Morgan fingerprint density at radius 1 is 0.692 bits per heavy atom. The molecular weight excluding hydrogens is 318 g/mol. The molecular formula is C23H17N3. The number of rotatable bonds is 2. The fraction of sp³-hybridized carbons (Fsp3) is 0.0435. The third kappa shape index (κ3) is 2.37. The van der Waals surface area contributed by atoms with Gasteiger partial charge >= 0.3 is 0 Å². The molecule has 0 spiro atoms. The number of anilines is 2. The Labute approximate surface area is 151 Å². The van der Waals surface area contributed by atoms with Crippen molar-refractivity contribution >= 4 is 44.0 Å². The Balaban J connectivity index is 1.75. The molecule has 0 unspecified atom stereocenters. The van der Waals surface area contributed by atoms with Crippen LogP contribution < -0.4 is 5.32 Å². The van der Waals surface area contributed by atoms with Gasteiger partial charge in [0.15, 0.2) is 0 Å². The maximum absolute atomic E-state index is 4.74. The summed E-state index contributed by atoms with van der Waals surface area (Å²) in [6.45, 7) is 2.12. The van der Waals surface area contributed by atoms with E-state index in [1.807, 2.05) is 30.6 Å². The monoisotopic (exact) mass is 335 g/mol. The van der Waals surface area contributed by atoms with E-state index < -0.39 is 0 Å². The minimum Gasteiger partial charge on any atom is -0.352 e. The normalized spacial score (nSPS) is 11.3. The van der Waals surface area contributed by atoms with E-state index in [1.54, 1.807) is 0 Å². The van der Waals surface area contributed by atoms with Gasteiger partial charge in [0.05, 0.1) is 22.4 Å². The highest BCUT2D eigenvalue weighted by Gasteiger charge is 2.09. The van der Waals surface area contributed by atoms with Crippen LogP contribution in [0.3, 0.4) is 0 Å². The molecule has 0 fully saturated rings. The van der Waals surface area contributed by atoms with Crippen LogP contribution in [-0.4, -0.2) is 9.97 Å². The molecule has 3 nitrogen and oxygen atoms in total. The number of fused-ring (bicyclic) bond motifs is 4. The van der Waals surface area contributed by atoms with Gasteiger partial charge in [-0.15, -0.1) is 0 Å². The Hall–Kier alpha value is -3.46. The van der Waals surface area contributed by atoms with Crippen molar-refractivity contribution in [2.75, 3.05) is 5.32 Å². The molecule has 0 saturated heterocycles. The number of hydrogen-bond donors (Lipinski definition) is 1. The van der Waals surface area contributed by atoms with Crippen LogP contribution in [-0.2, 0) is 0 Å². The van der Waals surface area contributed by atoms with E-state index in [0.717, 1.165) is 33.2 Å². The van der Waals surface area contributed by atoms with E-state index in [1.165, 1.54) is 16.3 Å². The predicted molar refractivity (Wildman–Crippen MR) is 109 cm³/mol. The summed E-state index contributed by atoms with van der Waals surface area (Å²) in [5.41, 5.74) is 5.13. The number of aromatic nitrogens is 2. The van der Waals surface area contributed by atoms with Crippen molar-refractivity contribution < 1.29 is 0 Å². The SMILES string of the molecule is Cc1cc(Nc2cccc3cccnc23)c2ncc3ccccc3c2c1. The molecule has 3 heteroatoms. The van der Waals surface area contributed by atoms with E-state index >= 15 is 0 Å². The Morgan fingerprint density at radius 2 is 1.54 bits per heavy atom. The number of aryl methyl sites for hydroxylation is 1. The molecule has 26 heavy (non-hydrogen) atoms. The zero-order chi connectivity index (χ0) is 17.5. The summed E-state index contributed by atoms with van der Waals surface area (Å²) in [5.74, 6) is 0. The zero-order valence-corrected chi connectivity index (χ0v) is 14.4. The average molecular weight is 335 g/mol. The molecule has 0 aliphatic heterocycles. The lowest BCUT2D eigenvalue weighted by Gasteiger charge is -2.13. The van der Waals surface area contributed by atoms with Gasteiger partial charge in [-0.3, -0.25) is 9.97 Å². The standard InChI is InChI=1S/C23H17N3/c1-15-12-19-18-9-3-2-6-17(18)14-25-23(19)21(13-15)26-20-10-4-7-16-8-5-11-24-22(16)20/h2-14,26H,1H3. The number of para-hydroxylation sites is 1. The third-order valence-corrected chi connectivity index (χ3v) is 4.74. The Morgan fingerprint density at radius 3 is 2.50 bits per heavy atom. The first-order valence-corrected chi connectivity index (χ1v) is 8.68. The van der Waals surface area contributed by atoms with Crippen molar-refractivity contribution in [1.82, 2.24) is 9.97 Å². The van der Waals surface area contributed by atoms with Gasteiger partial charge < -0.3 is 5.32 Å². The molecule has 0 aliphatic carbocycles. The van der Waals surface area contributed by atoms with Crippen LogP contribution in [0.25, 0.3) is 32.6 Å². The smallest absolute Gasteiger partial charge is 0.0943 e. The highest BCUT2D eigenvalue weighted by atomic mass is 14.9. The number of benzene rings is 3. The summed E-state index contributed by atoms with van der Waals surface area (Å²) in [6.07, 6.45) is 3.77. The highest BCUT2D eigenvalue weighted by Crippen LogP contribution is 2.33. The maximum atomic E-state index is 4.74. The largest absolute Gasteiger partial charge is 0.352 e. The maximum Gasteiger partial charge on any atom is 0.0943 e. The first kappa shape index (κ1) is 14.8. The average Bonchev–Trinajstić information content (AvgIpc) is 2.68. The van der Waals surface area contributed by atoms with Crippen LogP contribution in [0.15, 0.2) is 79.1 Å². The van der Waals surface area contributed by atoms with Crippen molar-refractivity contribution in [3.8, 4) is 0 Å². The van der Waals surface area contributed by atoms with Crippen LogP contribution in [0.4, 0.5) is 11.4 Å². The quantitative estimate of drug-likeness (QED) is 0.403. The van der Waals surface area contributed by atoms with Gasteiger partial charge in [0.25, 0.3) is 0 Å². The Bertz CT molecular complexity index is 1270. The highest BCUT2D eigenvalue weighted by molar-refractivity contribution is 6.10. The fourth-order valence-corrected chi connectivity index (χ4v) is 3.56. The molecule has 5 rings (SSSR count). The number of nitrogens with one attached hydrogen (secondary N) is 1. The number of pyridine rings is 2. The van der Waals surface area contributed by atoms with E-state index in [0.29, 0.717) is 0 Å². The van der Waals surface area contributed by atoms with Crippen LogP contribution in [0.1, 0.15) is 5.56 Å². The van der Waals surface area contributed by atoms with E-state index in [2.05, 4.69) is 65.8 Å². The molecule has 0 saturated carbocycles. The molecule has 0 aliphatic rings. The van der Waals surface area contributed by atoms with Gasteiger partial charge in [0.2, 0.25) is 0 Å². The molecule has 2 heterocycles. The second-order valence-electron chi connectivity index (χ2n) is 6.56. The van der Waals surface area contributed by atoms with Crippen molar-refractivity contribution in [2.24, 2.45) is 0 Å². The lowest BCUT2D eigenvalue weighted by atomic mass is 10.0. The summed E-state index contributed by atoms with van der Waals surface area (Å²) in [7, 11) is 0. The van der Waals surface area contributed by atoms with E-state index in [9.17, 15) is 0 Å². The summed E-state index contributed by atoms with van der Waals surface area (Å²) in [6, 6.07) is 23.0. The molecule has 0 amide bonds. The summed E-state index contributed by atoms with van der Waals surface area (Å²) < 4.78 is 0.